The van der Waals surface area contributed by atoms with E-state index in [0.29, 0.717) is 22.7 Å². The van der Waals surface area contributed by atoms with Crippen molar-refractivity contribution in [3.05, 3.63) is 47.4 Å². The Kier molecular flexibility index (Phi) is 5.49. The first-order chi connectivity index (χ1) is 14.3. The van der Waals surface area contributed by atoms with Crippen LogP contribution in [0.1, 0.15) is 44.7 Å². The van der Waals surface area contributed by atoms with Gasteiger partial charge in [-0.1, -0.05) is 13.3 Å². The maximum atomic E-state index is 12.4. The topological polar surface area (TPSA) is 86.1 Å². The minimum absolute atomic E-state index is 0.117. The smallest absolute Gasteiger partial charge is 0.290 e. The Bertz CT molecular complexity index is 1180. The van der Waals surface area contributed by atoms with E-state index in [1.807, 2.05) is 6.07 Å². The molecule has 0 amide bonds. The number of hydrogen-bond donors (Lipinski definition) is 1. The normalized spacial score (nSPS) is 19.8. The average Bonchev–Trinajstić information content (AvgIpc) is 3.21. The average molecular weight is 429 g/mol. The number of hydrogen-bond acceptors (Lipinski definition) is 4. The van der Waals surface area contributed by atoms with Crippen molar-refractivity contribution in [2.45, 2.75) is 57.0 Å². The number of rotatable bonds is 5. The highest BCUT2D eigenvalue weighted by Crippen LogP contribution is 2.38. The van der Waals surface area contributed by atoms with Gasteiger partial charge in [0.1, 0.15) is 11.4 Å². The molecule has 1 fully saturated rings. The third-order valence-electron chi connectivity index (χ3n) is 6.23. The standard InChI is InChI=1S/C23H28N2O4S/c1-4-16-5-7-17(8-6-16)29-22-10-9-18(30(3,27)28)14-21(22)20-13-15(2)25(26)23-19(20)11-12-24-23/h9-14,16-17,24H,4-8H2,1-3H3/t16-,17-. The maximum Gasteiger partial charge on any atom is 0.290 e. The van der Waals surface area contributed by atoms with E-state index < -0.39 is 9.84 Å². The molecule has 1 saturated carbocycles. The summed E-state index contributed by atoms with van der Waals surface area (Å²) in [6, 6.07) is 8.65. The molecule has 6 nitrogen and oxygen atoms in total. The zero-order valence-electron chi connectivity index (χ0n) is 17.6. The summed E-state index contributed by atoms with van der Waals surface area (Å²) < 4.78 is 31.7. The molecular formula is C23H28N2O4S. The van der Waals surface area contributed by atoms with Gasteiger partial charge in [0.2, 0.25) is 0 Å². The summed E-state index contributed by atoms with van der Waals surface area (Å²) in [4.78, 5) is 3.22. The predicted octanol–water partition coefficient (Wildman–Crippen LogP) is 4.53. The van der Waals surface area contributed by atoms with Gasteiger partial charge in [0.05, 0.1) is 22.6 Å². The van der Waals surface area contributed by atoms with E-state index in [0.717, 1.165) is 47.3 Å². The number of aromatic nitrogens is 2. The second kappa shape index (κ2) is 7.95. The Balaban J connectivity index is 1.81. The molecule has 2 heterocycles. The van der Waals surface area contributed by atoms with E-state index in [2.05, 4.69) is 11.9 Å². The summed E-state index contributed by atoms with van der Waals surface area (Å²) in [5.41, 5.74) is 2.46. The summed E-state index contributed by atoms with van der Waals surface area (Å²) in [6.45, 7) is 3.97. The lowest BCUT2D eigenvalue weighted by molar-refractivity contribution is -0.586. The molecule has 0 unspecified atom stereocenters. The molecule has 3 aromatic rings. The lowest BCUT2D eigenvalue weighted by atomic mass is 9.86. The molecule has 0 saturated heterocycles. The molecule has 160 valence electrons. The van der Waals surface area contributed by atoms with E-state index in [-0.39, 0.29) is 11.0 Å². The molecule has 1 aliphatic rings. The number of nitrogens with one attached hydrogen (secondary N) is 1. The highest BCUT2D eigenvalue weighted by Gasteiger charge is 2.24. The van der Waals surface area contributed by atoms with Crippen molar-refractivity contribution < 1.29 is 17.9 Å². The molecule has 0 spiro atoms. The van der Waals surface area contributed by atoms with Crippen molar-refractivity contribution >= 4 is 20.9 Å². The van der Waals surface area contributed by atoms with Gasteiger partial charge >= 0.3 is 0 Å². The fourth-order valence-corrected chi connectivity index (χ4v) is 5.03. The zero-order valence-corrected chi connectivity index (χ0v) is 18.5. The number of nitrogens with zero attached hydrogens (tertiary/aromatic N) is 1. The molecular weight excluding hydrogens is 400 g/mol. The van der Waals surface area contributed by atoms with E-state index >= 15 is 0 Å². The van der Waals surface area contributed by atoms with Gasteiger partial charge in [0, 0.05) is 17.4 Å². The van der Waals surface area contributed by atoms with Crippen molar-refractivity contribution in [2.75, 3.05) is 6.26 Å². The van der Waals surface area contributed by atoms with Crippen molar-refractivity contribution in [2.24, 2.45) is 5.92 Å². The number of fused-ring (bicyclic) bond motifs is 1. The summed E-state index contributed by atoms with van der Waals surface area (Å²) in [5, 5.41) is 13.2. The maximum absolute atomic E-state index is 12.4. The number of pyridine rings is 1. The Morgan fingerprint density at radius 3 is 2.53 bits per heavy atom. The fourth-order valence-electron chi connectivity index (χ4n) is 4.38. The van der Waals surface area contributed by atoms with Gasteiger partial charge in [-0.2, -0.15) is 0 Å². The van der Waals surface area contributed by atoms with Crippen LogP contribution >= 0.6 is 0 Å². The first kappa shape index (κ1) is 20.7. The van der Waals surface area contributed by atoms with Crippen LogP contribution in [0.3, 0.4) is 0 Å². The Morgan fingerprint density at radius 2 is 1.87 bits per heavy atom. The van der Waals surface area contributed by atoms with Gasteiger partial charge in [0.25, 0.3) is 5.65 Å². The highest BCUT2D eigenvalue weighted by atomic mass is 32.2. The van der Waals surface area contributed by atoms with E-state index in [1.54, 1.807) is 37.4 Å². The number of aryl methyl sites for hydroxylation is 1. The SMILES string of the molecule is CC[C@H]1CC[C@H](Oc2ccc(S(C)(=O)=O)cc2-c2cc(C)[n+]([O-])c3[nH]ccc23)CC1. The number of H-pyrrole nitrogens is 1. The molecule has 1 aliphatic carbocycles. The Hall–Kier alpha value is -2.54. The number of benzene rings is 1. The number of aromatic amines is 1. The molecule has 0 bridgehead atoms. The molecule has 4 rings (SSSR count). The van der Waals surface area contributed by atoms with Crippen LogP contribution in [0.25, 0.3) is 22.2 Å². The molecule has 0 radical (unpaired) electrons. The highest BCUT2D eigenvalue weighted by molar-refractivity contribution is 7.90. The first-order valence-electron chi connectivity index (χ1n) is 10.5. The van der Waals surface area contributed by atoms with Gasteiger partial charge in [-0.15, -0.1) is 0 Å². The summed E-state index contributed by atoms with van der Waals surface area (Å²) in [6.07, 6.45) is 8.54. The van der Waals surface area contributed by atoms with Crippen LogP contribution in [-0.4, -0.2) is 25.8 Å². The minimum Gasteiger partial charge on any atom is -0.710 e. The minimum atomic E-state index is -3.38. The van der Waals surface area contributed by atoms with Gasteiger partial charge < -0.3 is 9.94 Å². The lowest BCUT2D eigenvalue weighted by Crippen LogP contribution is -2.31. The van der Waals surface area contributed by atoms with Gasteiger partial charge in [-0.3, -0.25) is 0 Å². The van der Waals surface area contributed by atoms with Gasteiger partial charge in [-0.25, -0.2) is 18.1 Å². The predicted molar refractivity (Wildman–Crippen MR) is 117 cm³/mol. The van der Waals surface area contributed by atoms with Crippen LogP contribution < -0.4 is 9.47 Å². The summed E-state index contributed by atoms with van der Waals surface area (Å²) in [5.74, 6) is 1.42. The Morgan fingerprint density at radius 1 is 1.13 bits per heavy atom. The van der Waals surface area contributed by atoms with Crippen LogP contribution in [0.2, 0.25) is 0 Å². The molecule has 1 N–H and O–H groups in total. The van der Waals surface area contributed by atoms with Crippen molar-refractivity contribution in [3.63, 3.8) is 0 Å². The van der Waals surface area contributed by atoms with E-state index in [4.69, 9.17) is 4.74 Å². The van der Waals surface area contributed by atoms with E-state index in [1.165, 1.54) is 12.7 Å². The first-order valence-corrected chi connectivity index (χ1v) is 12.4. The van der Waals surface area contributed by atoms with Crippen molar-refractivity contribution in [1.82, 2.24) is 4.98 Å². The monoisotopic (exact) mass is 428 g/mol. The number of ether oxygens (including phenoxy) is 1. The second-order valence-electron chi connectivity index (χ2n) is 8.33. The van der Waals surface area contributed by atoms with Crippen LogP contribution in [0.5, 0.6) is 5.75 Å². The van der Waals surface area contributed by atoms with Gasteiger partial charge in [-0.05, 0) is 68.9 Å². The second-order valence-corrected chi connectivity index (χ2v) is 10.3. The Labute approximate surface area is 177 Å². The third kappa shape index (κ3) is 3.90. The zero-order chi connectivity index (χ0) is 21.5. The molecule has 7 heteroatoms. The summed E-state index contributed by atoms with van der Waals surface area (Å²) in [7, 11) is -3.38. The largest absolute Gasteiger partial charge is 0.710 e. The molecule has 30 heavy (non-hydrogen) atoms. The molecule has 0 atom stereocenters. The van der Waals surface area contributed by atoms with Crippen molar-refractivity contribution in [1.29, 1.82) is 0 Å². The fraction of sp³-hybridized carbons (Fsp3) is 0.435. The van der Waals surface area contributed by atoms with Crippen molar-refractivity contribution in [3.8, 4) is 16.9 Å². The van der Waals surface area contributed by atoms with E-state index in [9.17, 15) is 13.6 Å². The number of sulfone groups is 1. The summed E-state index contributed by atoms with van der Waals surface area (Å²) >= 11 is 0. The van der Waals surface area contributed by atoms with Crippen LogP contribution in [0.4, 0.5) is 0 Å². The quantitative estimate of drug-likeness (QED) is 0.478. The van der Waals surface area contributed by atoms with Crippen LogP contribution in [0.15, 0.2) is 41.4 Å². The van der Waals surface area contributed by atoms with Gasteiger partial charge in [0.15, 0.2) is 9.84 Å². The van der Waals surface area contributed by atoms with Crippen LogP contribution in [-0.2, 0) is 9.84 Å². The third-order valence-corrected chi connectivity index (χ3v) is 7.34. The van der Waals surface area contributed by atoms with Crippen LogP contribution in [0, 0.1) is 18.0 Å². The lowest BCUT2D eigenvalue weighted by Gasteiger charge is -2.29. The molecule has 2 aromatic heterocycles. The molecule has 0 aliphatic heterocycles. The molecule has 1 aromatic carbocycles.